The minimum Gasteiger partial charge on any atom is -0.339 e. The van der Waals surface area contributed by atoms with Gasteiger partial charge in [0.2, 0.25) is 17.7 Å². The van der Waals surface area contributed by atoms with Crippen LogP contribution in [0, 0.1) is 5.92 Å². The van der Waals surface area contributed by atoms with Gasteiger partial charge >= 0.3 is 0 Å². The highest BCUT2D eigenvalue weighted by Gasteiger charge is 2.41. The molecular formula is C20H27N3O3. The van der Waals surface area contributed by atoms with Gasteiger partial charge in [-0.25, -0.2) is 0 Å². The van der Waals surface area contributed by atoms with Gasteiger partial charge in [-0.05, 0) is 18.9 Å². The number of benzene rings is 1. The monoisotopic (exact) mass is 357 g/mol. The van der Waals surface area contributed by atoms with E-state index < -0.39 is 0 Å². The molecule has 26 heavy (non-hydrogen) atoms. The number of hydrogen-bond donors (Lipinski definition) is 0. The second kappa shape index (κ2) is 7.89. The van der Waals surface area contributed by atoms with Crippen molar-refractivity contribution in [2.24, 2.45) is 5.92 Å². The first-order chi connectivity index (χ1) is 12.5. The van der Waals surface area contributed by atoms with Gasteiger partial charge in [0.25, 0.3) is 0 Å². The molecule has 140 valence electrons. The molecular weight excluding hydrogens is 330 g/mol. The lowest BCUT2D eigenvalue weighted by molar-refractivity contribution is -0.150. The number of piperazine rings is 1. The molecule has 2 aliphatic heterocycles. The Morgan fingerprint density at radius 3 is 2.23 bits per heavy atom. The summed E-state index contributed by atoms with van der Waals surface area (Å²) in [6, 6.07) is 9.65. The largest absolute Gasteiger partial charge is 0.339 e. The Morgan fingerprint density at radius 1 is 1.04 bits per heavy atom. The number of carbonyl (C=O) groups excluding carboxylic acids is 3. The van der Waals surface area contributed by atoms with Gasteiger partial charge in [-0.2, -0.15) is 0 Å². The highest BCUT2D eigenvalue weighted by atomic mass is 16.2. The highest BCUT2D eigenvalue weighted by molar-refractivity contribution is 5.85. The second-order valence-corrected chi connectivity index (χ2v) is 7.01. The average molecular weight is 357 g/mol. The van der Waals surface area contributed by atoms with E-state index in [2.05, 4.69) is 0 Å². The minimum atomic E-state index is -0.223. The van der Waals surface area contributed by atoms with Crippen molar-refractivity contribution in [3.05, 3.63) is 35.9 Å². The third-order valence-corrected chi connectivity index (χ3v) is 5.54. The summed E-state index contributed by atoms with van der Waals surface area (Å²) in [4.78, 5) is 42.7. The topological polar surface area (TPSA) is 60.9 Å². The van der Waals surface area contributed by atoms with Crippen LogP contribution >= 0.6 is 0 Å². The molecule has 0 saturated carbocycles. The number of likely N-dealkylation sites (tertiary alicyclic amines) is 1. The summed E-state index contributed by atoms with van der Waals surface area (Å²) in [5, 5.41) is 0. The summed E-state index contributed by atoms with van der Waals surface area (Å²) in [7, 11) is 0. The Morgan fingerprint density at radius 2 is 1.65 bits per heavy atom. The molecule has 2 atom stereocenters. The van der Waals surface area contributed by atoms with Gasteiger partial charge in [0, 0.05) is 46.1 Å². The van der Waals surface area contributed by atoms with Crippen LogP contribution in [0.3, 0.4) is 0 Å². The fourth-order valence-electron chi connectivity index (χ4n) is 4.12. The molecule has 2 fully saturated rings. The molecule has 3 rings (SSSR count). The lowest BCUT2D eigenvalue weighted by Crippen LogP contribution is -2.54. The van der Waals surface area contributed by atoms with Crippen molar-refractivity contribution in [1.82, 2.24) is 14.7 Å². The number of nitrogens with zero attached hydrogens (tertiary/aromatic N) is 3. The lowest BCUT2D eigenvalue weighted by Gasteiger charge is -2.43. The number of rotatable bonds is 3. The van der Waals surface area contributed by atoms with Crippen LogP contribution < -0.4 is 0 Å². The summed E-state index contributed by atoms with van der Waals surface area (Å²) in [5.74, 6) is 0.0541. The molecule has 0 aromatic heterocycles. The molecule has 6 nitrogen and oxygen atoms in total. The van der Waals surface area contributed by atoms with Crippen LogP contribution in [0.2, 0.25) is 0 Å². The second-order valence-electron chi connectivity index (χ2n) is 7.01. The van der Waals surface area contributed by atoms with E-state index in [0.717, 1.165) is 5.56 Å². The molecule has 2 aliphatic rings. The average Bonchev–Trinajstić information content (AvgIpc) is 2.68. The van der Waals surface area contributed by atoms with E-state index in [-0.39, 0.29) is 29.7 Å². The zero-order valence-corrected chi connectivity index (χ0v) is 15.6. The number of carbonyl (C=O) groups is 3. The van der Waals surface area contributed by atoms with Gasteiger partial charge < -0.3 is 14.7 Å². The zero-order chi connectivity index (χ0) is 18.7. The van der Waals surface area contributed by atoms with Crippen LogP contribution in [0.15, 0.2) is 30.3 Å². The Balaban J connectivity index is 1.81. The van der Waals surface area contributed by atoms with Gasteiger partial charge in [0.05, 0.1) is 12.0 Å². The molecule has 3 amide bonds. The van der Waals surface area contributed by atoms with E-state index in [0.29, 0.717) is 45.6 Å². The third kappa shape index (κ3) is 3.59. The molecule has 0 radical (unpaired) electrons. The fraction of sp³-hybridized carbons (Fsp3) is 0.550. The molecule has 0 bridgehead atoms. The Hall–Kier alpha value is -2.37. The van der Waals surface area contributed by atoms with E-state index in [9.17, 15) is 14.4 Å². The van der Waals surface area contributed by atoms with E-state index in [1.165, 1.54) is 0 Å². The molecule has 1 aromatic carbocycles. The van der Waals surface area contributed by atoms with Gasteiger partial charge in [-0.1, -0.05) is 30.3 Å². The standard InChI is InChI=1S/C20H27N3O3/c1-3-23-18(25)10-9-17(19(23)16-7-5-4-6-8-16)20(26)22-13-11-21(12-14-22)15(2)24/h4-8,17,19H,3,9-14H2,1-2H3/t17-,19+/m1/s1. The summed E-state index contributed by atoms with van der Waals surface area (Å²) < 4.78 is 0. The lowest BCUT2D eigenvalue weighted by atomic mass is 9.83. The van der Waals surface area contributed by atoms with Crippen molar-refractivity contribution in [2.75, 3.05) is 32.7 Å². The Bertz CT molecular complexity index is 668. The Labute approximate surface area is 154 Å². The van der Waals surface area contributed by atoms with Crippen LogP contribution in [0.5, 0.6) is 0 Å². The van der Waals surface area contributed by atoms with Crippen molar-refractivity contribution in [2.45, 2.75) is 32.7 Å². The van der Waals surface area contributed by atoms with Gasteiger partial charge in [-0.3, -0.25) is 14.4 Å². The Kier molecular flexibility index (Phi) is 5.59. The van der Waals surface area contributed by atoms with Crippen molar-refractivity contribution >= 4 is 17.7 Å². The van der Waals surface area contributed by atoms with Crippen LogP contribution in [0.1, 0.15) is 38.3 Å². The smallest absolute Gasteiger partial charge is 0.228 e. The first-order valence-corrected chi connectivity index (χ1v) is 9.41. The maximum absolute atomic E-state index is 13.3. The maximum Gasteiger partial charge on any atom is 0.228 e. The summed E-state index contributed by atoms with van der Waals surface area (Å²) >= 11 is 0. The maximum atomic E-state index is 13.3. The SMILES string of the molecule is CCN1C(=O)CC[C@@H](C(=O)N2CCN(C(C)=O)CC2)[C@@H]1c1ccccc1. The van der Waals surface area contributed by atoms with Crippen molar-refractivity contribution in [1.29, 1.82) is 0 Å². The van der Waals surface area contributed by atoms with E-state index in [1.54, 1.807) is 11.8 Å². The molecule has 0 unspecified atom stereocenters. The predicted octanol–water partition coefficient (Wildman–Crippen LogP) is 1.68. The van der Waals surface area contributed by atoms with Gasteiger partial charge in [0.15, 0.2) is 0 Å². The van der Waals surface area contributed by atoms with E-state index >= 15 is 0 Å². The molecule has 6 heteroatoms. The van der Waals surface area contributed by atoms with Crippen molar-refractivity contribution in [3.63, 3.8) is 0 Å². The highest BCUT2D eigenvalue weighted by Crippen LogP contribution is 2.37. The molecule has 0 N–H and O–H groups in total. The summed E-state index contributed by atoms with van der Waals surface area (Å²) in [5.41, 5.74) is 1.02. The van der Waals surface area contributed by atoms with E-state index in [4.69, 9.17) is 0 Å². The first kappa shape index (κ1) is 18.4. The quantitative estimate of drug-likeness (QED) is 0.827. The van der Waals surface area contributed by atoms with Gasteiger partial charge in [-0.15, -0.1) is 0 Å². The molecule has 0 spiro atoms. The van der Waals surface area contributed by atoms with Crippen molar-refractivity contribution < 1.29 is 14.4 Å². The van der Waals surface area contributed by atoms with Crippen LogP contribution in [-0.4, -0.2) is 65.1 Å². The number of amides is 3. The van der Waals surface area contributed by atoms with Gasteiger partial charge in [0.1, 0.15) is 0 Å². The number of piperidine rings is 1. The van der Waals surface area contributed by atoms with Crippen LogP contribution in [-0.2, 0) is 14.4 Å². The summed E-state index contributed by atoms with van der Waals surface area (Å²) in [6.45, 7) is 6.43. The predicted molar refractivity (Wildman–Crippen MR) is 98.1 cm³/mol. The van der Waals surface area contributed by atoms with Crippen LogP contribution in [0.25, 0.3) is 0 Å². The molecule has 0 aliphatic carbocycles. The van der Waals surface area contributed by atoms with E-state index in [1.807, 2.05) is 47.1 Å². The first-order valence-electron chi connectivity index (χ1n) is 9.41. The molecule has 2 saturated heterocycles. The number of hydrogen-bond acceptors (Lipinski definition) is 3. The zero-order valence-electron chi connectivity index (χ0n) is 15.6. The molecule has 1 aromatic rings. The third-order valence-electron chi connectivity index (χ3n) is 5.54. The molecule has 2 heterocycles. The normalized spacial score (nSPS) is 23.9. The van der Waals surface area contributed by atoms with Crippen LogP contribution in [0.4, 0.5) is 0 Å². The summed E-state index contributed by atoms with van der Waals surface area (Å²) in [6.07, 6.45) is 1.00. The van der Waals surface area contributed by atoms with Crippen molar-refractivity contribution in [3.8, 4) is 0 Å². The fourth-order valence-corrected chi connectivity index (χ4v) is 4.12. The minimum absolute atomic E-state index is 0.0553.